The van der Waals surface area contributed by atoms with Gasteiger partial charge in [0.25, 0.3) is 0 Å². The summed E-state index contributed by atoms with van der Waals surface area (Å²) < 4.78 is 28.2. The Hall–Kier alpha value is -2.05. The van der Waals surface area contributed by atoms with Crippen LogP contribution in [0, 0.1) is 0 Å². The van der Waals surface area contributed by atoms with Crippen molar-refractivity contribution in [3.63, 3.8) is 0 Å². The first-order chi connectivity index (χ1) is 13.0. The van der Waals surface area contributed by atoms with Gasteiger partial charge in [-0.15, -0.1) is 0 Å². The fourth-order valence-corrected chi connectivity index (χ4v) is 5.28. The van der Waals surface area contributed by atoms with Gasteiger partial charge in [0.2, 0.25) is 10.0 Å². The molecule has 4 nitrogen and oxygen atoms in total. The Morgan fingerprint density at radius 1 is 0.889 bits per heavy atom. The summed E-state index contributed by atoms with van der Waals surface area (Å²) in [5, 5.41) is 4.03. The molecule has 3 aromatic carbocycles. The molecule has 138 valence electrons. The van der Waals surface area contributed by atoms with Crippen molar-refractivity contribution in [1.29, 1.82) is 0 Å². The fourth-order valence-electron chi connectivity index (χ4n) is 3.20. The van der Waals surface area contributed by atoms with Crippen molar-refractivity contribution in [2.45, 2.75) is 17.6 Å². The molecule has 0 amide bonds. The number of rotatable bonds is 3. The van der Waals surface area contributed by atoms with Crippen LogP contribution < -0.4 is 5.32 Å². The van der Waals surface area contributed by atoms with E-state index in [9.17, 15) is 8.42 Å². The number of sulfonamides is 1. The average molecular weight is 419 g/mol. The summed E-state index contributed by atoms with van der Waals surface area (Å²) in [6.07, 6.45) is -0.670. The second-order valence-corrected chi connectivity index (χ2v) is 8.87. The minimum atomic E-state index is -3.74. The Morgan fingerprint density at radius 2 is 1.59 bits per heavy atom. The molecule has 0 fully saturated rings. The molecule has 1 aliphatic heterocycles. The molecule has 0 radical (unpaired) electrons. The molecule has 1 N–H and O–H groups in total. The molecule has 0 bridgehead atoms. The van der Waals surface area contributed by atoms with E-state index in [1.807, 2.05) is 30.3 Å². The highest BCUT2D eigenvalue weighted by Crippen LogP contribution is 2.42. The van der Waals surface area contributed by atoms with Gasteiger partial charge in [-0.05, 0) is 23.8 Å². The van der Waals surface area contributed by atoms with Crippen molar-refractivity contribution in [2.24, 2.45) is 0 Å². The van der Waals surface area contributed by atoms with Crippen LogP contribution in [0.15, 0.2) is 77.7 Å². The van der Waals surface area contributed by atoms with Gasteiger partial charge in [-0.2, -0.15) is 4.31 Å². The SMILES string of the molecule is O=S1(=O)c2ccccc2NC(c2cccc(Cl)c2Cl)N1Cc1ccccc1. The fraction of sp³-hybridized carbons (Fsp3) is 0.100. The summed E-state index contributed by atoms with van der Waals surface area (Å²) in [6.45, 7) is 0.206. The third-order valence-corrected chi connectivity index (χ3v) is 7.21. The molecule has 7 heteroatoms. The number of fused-ring (bicyclic) bond motifs is 1. The van der Waals surface area contributed by atoms with Gasteiger partial charge in [-0.3, -0.25) is 0 Å². The molecule has 1 atom stereocenters. The molecule has 0 saturated heterocycles. The quantitative estimate of drug-likeness (QED) is 0.626. The summed E-state index contributed by atoms with van der Waals surface area (Å²) in [4.78, 5) is 0.246. The van der Waals surface area contributed by atoms with E-state index >= 15 is 0 Å². The summed E-state index contributed by atoms with van der Waals surface area (Å²) >= 11 is 12.6. The van der Waals surface area contributed by atoms with Gasteiger partial charge >= 0.3 is 0 Å². The number of para-hydroxylation sites is 1. The van der Waals surface area contributed by atoms with Crippen molar-refractivity contribution in [1.82, 2.24) is 4.31 Å². The smallest absolute Gasteiger partial charge is 0.247 e. The minimum absolute atomic E-state index is 0.206. The van der Waals surface area contributed by atoms with Gasteiger partial charge in [-0.1, -0.05) is 77.8 Å². The van der Waals surface area contributed by atoms with E-state index in [0.29, 0.717) is 21.3 Å². The normalized spacial score (nSPS) is 18.5. The van der Waals surface area contributed by atoms with E-state index in [-0.39, 0.29) is 11.4 Å². The predicted octanol–water partition coefficient (Wildman–Crippen LogP) is 5.31. The molecule has 1 unspecified atom stereocenters. The maximum atomic E-state index is 13.4. The Bertz CT molecular complexity index is 1090. The van der Waals surface area contributed by atoms with Gasteiger partial charge in [0.15, 0.2) is 0 Å². The minimum Gasteiger partial charge on any atom is -0.364 e. The molecule has 1 heterocycles. The highest BCUT2D eigenvalue weighted by atomic mass is 35.5. The molecule has 0 spiro atoms. The first-order valence-electron chi connectivity index (χ1n) is 8.34. The zero-order valence-electron chi connectivity index (χ0n) is 14.1. The first kappa shape index (κ1) is 18.3. The lowest BCUT2D eigenvalue weighted by Crippen LogP contribution is -2.42. The molecule has 0 aliphatic carbocycles. The number of halogens is 2. The van der Waals surface area contributed by atoms with E-state index in [2.05, 4.69) is 5.32 Å². The van der Waals surface area contributed by atoms with E-state index in [4.69, 9.17) is 23.2 Å². The zero-order chi connectivity index (χ0) is 19.0. The first-order valence-corrected chi connectivity index (χ1v) is 10.5. The number of benzene rings is 3. The summed E-state index contributed by atoms with van der Waals surface area (Å²) in [5.74, 6) is 0. The van der Waals surface area contributed by atoms with Crippen LogP contribution in [0.3, 0.4) is 0 Å². The Morgan fingerprint density at radius 3 is 2.37 bits per heavy atom. The number of nitrogens with zero attached hydrogens (tertiary/aromatic N) is 1. The molecular weight excluding hydrogens is 403 g/mol. The van der Waals surface area contributed by atoms with Crippen LogP contribution in [0.5, 0.6) is 0 Å². The molecular formula is C20H16Cl2N2O2S. The lowest BCUT2D eigenvalue weighted by molar-refractivity contribution is 0.336. The van der Waals surface area contributed by atoms with Crippen molar-refractivity contribution >= 4 is 38.9 Å². The van der Waals surface area contributed by atoms with E-state index in [0.717, 1.165) is 5.56 Å². The van der Waals surface area contributed by atoms with Crippen molar-refractivity contribution in [2.75, 3.05) is 5.32 Å². The maximum absolute atomic E-state index is 13.4. The van der Waals surface area contributed by atoms with Crippen molar-refractivity contribution in [3.8, 4) is 0 Å². The van der Waals surface area contributed by atoms with Gasteiger partial charge in [0.05, 0.1) is 15.7 Å². The summed E-state index contributed by atoms with van der Waals surface area (Å²) in [5.41, 5.74) is 2.03. The van der Waals surface area contributed by atoms with Crippen LogP contribution in [-0.2, 0) is 16.6 Å². The molecule has 0 aromatic heterocycles. The molecule has 3 aromatic rings. The molecule has 27 heavy (non-hydrogen) atoms. The zero-order valence-corrected chi connectivity index (χ0v) is 16.5. The van der Waals surface area contributed by atoms with Crippen LogP contribution in [0.1, 0.15) is 17.3 Å². The lowest BCUT2D eigenvalue weighted by atomic mass is 10.1. The van der Waals surface area contributed by atoms with Gasteiger partial charge in [0.1, 0.15) is 11.1 Å². The Kier molecular flexibility index (Phi) is 4.86. The summed E-state index contributed by atoms with van der Waals surface area (Å²) in [7, 11) is -3.74. The van der Waals surface area contributed by atoms with Gasteiger partial charge < -0.3 is 5.32 Å². The van der Waals surface area contributed by atoms with Crippen LogP contribution in [-0.4, -0.2) is 12.7 Å². The highest BCUT2D eigenvalue weighted by molar-refractivity contribution is 7.89. The number of anilines is 1. The van der Waals surface area contributed by atoms with Crippen molar-refractivity contribution in [3.05, 3.63) is 94.0 Å². The van der Waals surface area contributed by atoms with Crippen LogP contribution in [0.25, 0.3) is 0 Å². The Balaban J connectivity index is 1.88. The van der Waals surface area contributed by atoms with E-state index < -0.39 is 16.2 Å². The Labute approximate surface area is 168 Å². The van der Waals surface area contributed by atoms with Crippen LogP contribution in [0.4, 0.5) is 5.69 Å². The molecule has 0 saturated carbocycles. The number of nitrogens with one attached hydrogen (secondary N) is 1. The van der Waals surface area contributed by atoms with Gasteiger partial charge in [0, 0.05) is 12.1 Å². The molecule has 4 rings (SSSR count). The monoisotopic (exact) mass is 418 g/mol. The largest absolute Gasteiger partial charge is 0.364 e. The average Bonchev–Trinajstić information content (AvgIpc) is 2.67. The third-order valence-electron chi connectivity index (χ3n) is 4.51. The molecule has 1 aliphatic rings. The predicted molar refractivity (Wildman–Crippen MR) is 108 cm³/mol. The standard InChI is InChI=1S/C20H16Cl2N2O2S/c21-16-10-6-9-15(19(16)22)20-23-17-11-4-5-12-18(17)27(25,26)24(20)13-14-7-2-1-3-8-14/h1-12,20,23H,13H2. The third kappa shape index (κ3) is 3.32. The number of hydrogen-bond acceptors (Lipinski definition) is 3. The second kappa shape index (κ2) is 7.17. The second-order valence-electron chi connectivity index (χ2n) is 6.22. The number of hydrogen-bond donors (Lipinski definition) is 1. The summed E-state index contributed by atoms with van der Waals surface area (Å²) in [6, 6.07) is 21.5. The highest BCUT2D eigenvalue weighted by Gasteiger charge is 2.39. The topological polar surface area (TPSA) is 49.4 Å². The lowest BCUT2D eigenvalue weighted by Gasteiger charge is -2.37. The van der Waals surface area contributed by atoms with Crippen LogP contribution in [0.2, 0.25) is 10.0 Å². The van der Waals surface area contributed by atoms with Gasteiger partial charge in [-0.25, -0.2) is 8.42 Å². The van der Waals surface area contributed by atoms with E-state index in [1.54, 1.807) is 42.5 Å². The van der Waals surface area contributed by atoms with E-state index in [1.165, 1.54) is 4.31 Å². The van der Waals surface area contributed by atoms with Crippen LogP contribution >= 0.6 is 23.2 Å². The maximum Gasteiger partial charge on any atom is 0.247 e. The van der Waals surface area contributed by atoms with Crippen molar-refractivity contribution < 1.29 is 8.42 Å².